The molecule has 1 aromatic rings. The second-order valence-corrected chi connectivity index (χ2v) is 6.07. The van der Waals surface area contributed by atoms with Crippen molar-refractivity contribution < 1.29 is 4.79 Å². The van der Waals surface area contributed by atoms with Crippen molar-refractivity contribution >= 4 is 5.91 Å². The van der Waals surface area contributed by atoms with Crippen molar-refractivity contribution in [2.24, 2.45) is 0 Å². The zero-order chi connectivity index (χ0) is 15.2. The topological polar surface area (TPSA) is 35.6 Å². The number of hydrogen-bond donors (Lipinski definition) is 1. The summed E-state index contributed by atoms with van der Waals surface area (Å²) in [5.74, 6) is 0.0471. The Bertz CT molecular complexity index is 479. The number of piperazine rings is 1. The lowest BCUT2D eigenvalue weighted by Gasteiger charge is -2.32. The number of amides is 1. The molecule has 0 spiro atoms. The lowest BCUT2D eigenvalue weighted by atomic mass is 10.1. The Morgan fingerprint density at radius 3 is 2.57 bits per heavy atom. The summed E-state index contributed by atoms with van der Waals surface area (Å²) >= 11 is 0. The summed E-state index contributed by atoms with van der Waals surface area (Å²) in [6.45, 7) is 10.4. The first-order valence-corrected chi connectivity index (χ1v) is 7.82. The quantitative estimate of drug-likeness (QED) is 0.838. The zero-order valence-corrected chi connectivity index (χ0v) is 13.5. The largest absolute Gasteiger partial charge is 0.352 e. The lowest BCUT2D eigenvalue weighted by molar-refractivity contribution is 0.0949. The fourth-order valence-corrected chi connectivity index (χ4v) is 2.74. The van der Waals surface area contributed by atoms with Crippen molar-refractivity contribution in [3.8, 4) is 0 Å². The van der Waals surface area contributed by atoms with Gasteiger partial charge in [-0.2, -0.15) is 0 Å². The number of aryl methyl sites for hydroxylation is 2. The molecule has 4 heteroatoms. The Hall–Kier alpha value is -1.39. The molecule has 116 valence electrons. The van der Waals surface area contributed by atoms with Gasteiger partial charge in [-0.1, -0.05) is 17.7 Å². The number of carbonyl (C=O) groups is 1. The molecule has 2 rings (SSSR count). The van der Waals surface area contributed by atoms with Crippen LogP contribution in [0.1, 0.15) is 27.9 Å². The summed E-state index contributed by atoms with van der Waals surface area (Å²) in [5.41, 5.74) is 3.03. The molecule has 1 heterocycles. The van der Waals surface area contributed by atoms with Crippen LogP contribution in [-0.4, -0.2) is 62.0 Å². The molecule has 1 aliphatic heterocycles. The van der Waals surface area contributed by atoms with Crippen molar-refractivity contribution in [3.05, 3.63) is 34.9 Å². The fraction of sp³-hybridized carbons (Fsp3) is 0.588. The molecule has 1 saturated heterocycles. The summed E-state index contributed by atoms with van der Waals surface area (Å²) < 4.78 is 0. The number of benzene rings is 1. The van der Waals surface area contributed by atoms with Crippen molar-refractivity contribution in [1.29, 1.82) is 0 Å². The fourth-order valence-electron chi connectivity index (χ4n) is 2.74. The molecule has 0 unspecified atom stereocenters. The van der Waals surface area contributed by atoms with Gasteiger partial charge in [-0.05, 0) is 45.5 Å². The Kier molecular flexibility index (Phi) is 5.76. The average Bonchev–Trinajstić information content (AvgIpc) is 2.45. The van der Waals surface area contributed by atoms with E-state index in [9.17, 15) is 4.79 Å². The summed E-state index contributed by atoms with van der Waals surface area (Å²) in [6, 6.07) is 5.96. The molecule has 0 aromatic heterocycles. The second kappa shape index (κ2) is 7.57. The maximum absolute atomic E-state index is 12.1. The van der Waals surface area contributed by atoms with Crippen LogP contribution < -0.4 is 5.32 Å². The van der Waals surface area contributed by atoms with Crippen LogP contribution in [0.2, 0.25) is 0 Å². The summed E-state index contributed by atoms with van der Waals surface area (Å²) in [4.78, 5) is 17.0. The number of nitrogens with one attached hydrogen (secondary N) is 1. The standard InChI is InChI=1S/C17H27N3O/c1-14-5-6-16(15(2)13-14)17(21)18-7-4-8-20-11-9-19(3)10-12-20/h5-6,13H,4,7-12H2,1-3H3,(H,18,21). The summed E-state index contributed by atoms with van der Waals surface area (Å²) in [6.07, 6.45) is 1.01. The third kappa shape index (κ3) is 4.83. The van der Waals surface area contributed by atoms with Crippen molar-refractivity contribution in [2.75, 3.05) is 46.3 Å². The predicted octanol–water partition coefficient (Wildman–Crippen LogP) is 1.67. The van der Waals surface area contributed by atoms with E-state index in [2.05, 4.69) is 28.2 Å². The third-order valence-corrected chi connectivity index (χ3v) is 4.16. The van der Waals surface area contributed by atoms with Gasteiger partial charge in [-0.3, -0.25) is 4.79 Å². The maximum Gasteiger partial charge on any atom is 0.251 e. The first-order valence-electron chi connectivity index (χ1n) is 7.82. The minimum atomic E-state index is 0.0471. The molecule has 0 saturated carbocycles. The van der Waals surface area contributed by atoms with Crippen molar-refractivity contribution in [3.63, 3.8) is 0 Å². The van der Waals surface area contributed by atoms with E-state index in [0.717, 1.165) is 56.8 Å². The Balaban J connectivity index is 1.69. The van der Waals surface area contributed by atoms with Gasteiger partial charge in [0.2, 0.25) is 0 Å². The normalized spacial score (nSPS) is 16.9. The predicted molar refractivity (Wildman–Crippen MR) is 86.8 cm³/mol. The molecule has 4 nitrogen and oxygen atoms in total. The second-order valence-electron chi connectivity index (χ2n) is 6.07. The monoisotopic (exact) mass is 289 g/mol. The minimum absolute atomic E-state index is 0.0471. The summed E-state index contributed by atoms with van der Waals surface area (Å²) in [7, 11) is 2.17. The van der Waals surface area contributed by atoms with Gasteiger partial charge in [0.25, 0.3) is 5.91 Å². The Labute approximate surface area is 128 Å². The Morgan fingerprint density at radius 2 is 1.90 bits per heavy atom. The van der Waals surface area contributed by atoms with E-state index in [1.54, 1.807) is 0 Å². The first kappa shape index (κ1) is 16.0. The van der Waals surface area contributed by atoms with E-state index in [4.69, 9.17) is 0 Å². The molecule has 0 bridgehead atoms. The smallest absolute Gasteiger partial charge is 0.251 e. The van der Waals surface area contributed by atoms with Crippen LogP contribution in [0.15, 0.2) is 18.2 Å². The molecule has 21 heavy (non-hydrogen) atoms. The van der Waals surface area contributed by atoms with E-state index in [1.165, 1.54) is 5.56 Å². The lowest BCUT2D eigenvalue weighted by Crippen LogP contribution is -2.45. The van der Waals surface area contributed by atoms with Crippen LogP contribution in [0.4, 0.5) is 0 Å². The maximum atomic E-state index is 12.1. The highest BCUT2D eigenvalue weighted by atomic mass is 16.1. The third-order valence-electron chi connectivity index (χ3n) is 4.16. The summed E-state index contributed by atoms with van der Waals surface area (Å²) in [5, 5.41) is 3.03. The molecule has 1 aliphatic rings. The van der Waals surface area contributed by atoms with Gasteiger partial charge in [-0.25, -0.2) is 0 Å². The molecule has 0 aliphatic carbocycles. The van der Waals surface area contributed by atoms with E-state index < -0.39 is 0 Å². The van der Waals surface area contributed by atoms with E-state index in [0.29, 0.717) is 0 Å². The molecular weight excluding hydrogens is 262 g/mol. The van der Waals surface area contributed by atoms with Gasteiger partial charge >= 0.3 is 0 Å². The van der Waals surface area contributed by atoms with Gasteiger partial charge in [0, 0.05) is 38.3 Å². The van der Waals surface area contributed by atoms with E-state index in [-0.39, 0.29) is 5.91 Å². The van der Waals surface area contributed by atoms with Crippen molar-refractivity contribution in [1.82, 2.24) is 15.1 Å². The molecule has 1 N–H and O–H groups in total. The van der Waals surface area contributed by atoms with Crippen molar-refractivity contribution in [2.45, 2.75) is 20.3 Å². The van der Waals surface area contributed by atoms with Gasteiger partial charge in [-0.15, -0.1) is 0 Å². The average molecular weight is 289 g/mol. The minimum Gasteiger partial charge on any atom is -0.352 e. The first-order chi connectivity index (χ1) is 10.1. The van der Waals surface area contributed by atoms with Crippen LogP contribution in [0.25, 0.3) is 0 Å². The van der Waals surface area contributed by atoms with Gasteiger partial charge in [0.05, 0.1) is 0 Å². The van der Waals surface area contributed by atoms with Gasteiger partial charge in [0.1, 0.15) is 0 Å². The SMILES string of the molecule is Cc1ccc(C(=O)NCCCN2CCN(C)CC2)c(C)c1. The number of rotatable bonds is 5. The highest BCUT2D eigenvalue weighted by Crippen LogP contribution is 2.10. The molecule has 1 amide bonds. The van der Waals surface area contributed by atoms with E-state index in [1.807, 2.05) is 26.0 Å². The molecular formula is C17H27N3O. The highest BCUT2D eigenvalue weighted by molar-refractivity contribution is 5.95. The molecule has 0 atom stereocenters. The van der Waals surface area contributed by atoms with Crippen LogP contribution in [-0.2, 0) is 0 Å². The van der Waals surface area contributed by atoms with E-state index >= 15 is 0 Å². The number of nitrogens with zero attached hydrogens (tertiary/aromatic N) is 2. The zero-order valence-electron chi connectivity index (χ0n) is 13.5. The number of likely N-dealkylation sites (N-methyl/N-ethyl adjacent to an activating group) is 1. The van der Waals surface area contributed by atoms with Gasteiger partial charge < -0.3 is 15.1 Å². The van der Waals surface area contributed by atoms with Gasteiger partial charge in [0.15, 0.2) is 0 Å². The molecule has 0 radical (unpaired) electrons. The number of hydrogen-bond acceptors (Lipinski definition) is 3. The van der Waals surface area contributed by atoms with Crippen LogP contribution >= 0.6 is 0 Å². The Morgan fingerprint density at radius 1 is 1.19 bits per heavy atom. The molecule has 1 fully saturated rings. The van der Waals surface area contributed by atoms with Crippen LogP contribution in [0, 0.1) is 13.8 Å². The van der Waals surface area contributed by atoms with Crippen LogP contribution in [0.3, 0.4) is 0 Å². The highest BCUT2D eigenvalue weighted by Gasteiger charge is 2.13. The number of carbonyl (C=O) groups excluding carboxylic acids is 1. The van der Waals surface area contributed by atoms with Crippen LogP contribution in [0.5, 0.6) is 0 Å². The molecule has 1 aromatic carbocycles.